The Labute approximate surface area is 316 Å². The second-order valence-corrected chi connectivity index (χ2v) is 18.5. The molecule has 0 N–H and O–H groups in total. The lowest BCUT2D eigenvalue weighted by molar-refractivity contribution is -0.228. The van der Waals surface area contributed by atoms with Gasteiger partial charge in [-0.1, -0.05) is 144 Å². The van der Waals surface area contributed by atoms with Crippen LogP contribution in [0.5, 0.6) is 11.5 Å². The largest absolute Gasteiger partial charge is 0.459 e. The minimum atomic E-state index is -0.460. The molecule has 0 fully saturated rings. The van der Waals surface area contributed by atoms with Crippen molar-refractivity contribution in [2.45, 2.75) is 128 Å². The van der Waals surface area contributed by atoms with Crippen LogP contribution in [0.3, 0.4) is 0 Å². The zero-order valence-corrected chi connectivity index (χ0v) is 35.5. The second-order valence-electron chi connectivity index (χ2n) is 14.2. The summed E-state index contributed by atoms with van der Waals surface area (Å²) in [4.78, 5) is 0. The summed E-state index contributed by atoms with van der Waals surface area (Å²) in [7, 11) is 0. The van der Waals surface area contributed by atoms with Crippen LogP contribution in [0.15, 0.2) is 24.3 Å². The fraction of sp³-hybridized carbons (Fsp3) is 0.667. The molecule has 0 amide bonds. The zero-order chi connectivity index (χ0) is 31.4. The van der Waals surface area contributed by atoms with Crippen LogP contribution in [0, 0.1) is 0 Å². The van der Waals surface area contributed by atoms with Crippen LogP contribution in [0.1, 0.15) is 151 Å². The van der Waals surface area contributed by atoms with Gasteiger partial charge in [-0.05, 0) is 115 Å². The van der Waals surface area contributed by atoms with Crippen molar-refractivity contribution in [1.29, 1.82) is 0 Å². The van der Waals surface area contributed by atoms with Gasteiger partial charge in [0.25, 0.3) is 0 Å². The average molecular weight is 1040 g/mol. The quantitative estimate of drug-likeness (QED) is 0.139. The Kier molecular flexibility index (Phi) is 14.0. The molecule has 3 nitrogen and oxygen atoms in total. The number of fused-ring (bicyclic) bond motifs is 6. The van der Waals surface area contributed by atoms with Gasteiger partial charge in [0.15, 0.2) is 0 Å². The summed E-state index contributed by atoms with van der Waals surface area (Å²) in [5.41, 5.74) is 7.37. The third kappa shape index (κ3) is 9.09. The predicted molar refractivity (Wildman–Crippen MR) is 216 cm³/mol. The molecule has 2 aliphatic heterocycles. The topological polar surface area (TPSA) is 27.7 Å². The first-order valence-corrected chi connectivity index (χ1v) is 22.1. The molecule has 2 aliphatic rings. The lowest BCUT2D eigenvalue weighted by Crippen LogP contribution is -2.33. The van der Waals surface area contributed by atoms with Gasteiger partial charge in [-0.25, -0.2) is 0 Å². The van der Waals surface area contributed by atoms with E-state index in [9.17, 15) is 0 Å². The van der Waals surface area contributed by atoms with Gasteiger partial charge in [0.2, 0.25) is 12.6 Å². The maximum atomic E-state index is 6.94. The van der Waals surface area contributed by atoms with E-state index in [4.69, 9.17) is 14.2 Å². The van der Waals surface area contributed by atoms with Gasteiger partial charge >= 0.3 is 0 Å². The number of hydrogen-bond donors (Lipinski definition) is 0. The molecule has 2 bridgehead atoms. The van der Waals surface area contributed by atoms with Gasteiger partial charge in [0.1, 0.15) is 11.5 Å². The van der Waals surface area contributed by atoms with Gasteiger partial charge in [-0.2, -0.15) is 0 Å². The third-order valence-corrected chi connectivity index (χ3v) is 11.8. The monoisotopic (exact) mass is 1040 g/mol. The SMILES string of the molecule is CC(C)(C)c1cc(C(CCCI)CCCI)cc2c1OC1OC2Oc2c1cc(C(CCCI)CCCI)cc2C(C)(C)C. The average Bonchev–Trinajstić information content (AvgIpc) is 2.95. The molecule has 43 heavy (non-hydrogen) atoms. The minimum absolute atomic E-state index is 0.0615. The van der Waals surface area contributed by atoms with Crippen LogP contribution in [0.25, 0.3) is 0 Å². The molecule has 0 aliphatic carbocycles. The van der Waals surface area contributed by atoms with E-state index in [1.165, 1.54) is 91.3 Å². The summed E-state index contributed by atoms with van der Waals surface area (Å²) < 4.78 is 25.3. The molecule has 2 atom stereocenters. The molecule has 2 unspecified atom stereocenters. The van der Waals surface area contributed by atoms with Crippen LogP contribution in [-0.4, -0.2) is 17.7 Å². The molecule has 4 rings (SSSR count). The maximum absolute atomic E-state index is 6.94. The minimum Gasteiger partial charge on any atom is -0.459 e. The molecule has 0 saturated carbocycles. The number of alkyl halides is 4. The molecular weight excluding hydrogens is 988 g/mol. The number of hydrogen-bond acceptors (Lipinski definition) is 3. The summed E-state index contributed by atoms with van der Waals surface area (Å²) in [6.45, 7) is 13.8. The highest BCUT2D eigenvalue weighted by Gasteiger charge is 2.43. The van der Waals surface area contributed by atoms with Crippen molar-refractivity contribution in [3.63, 3.8) is 0 Å². The van der Waals surface area contributed by atoms with Crippen LogP contribution in [0.2, 0.25) is 0 Å². The van der Waals surface area contributed by atoms with Gasteiger partial charge in [0.05, 0.1) is 11.1 Å². The molecule has 7 heteroatoms. The van der Waals surface area contributed by atoms with E-state index in [0.717, 1.165) is 22.6 Å². The van der Waals surface area contributed by atoms with E-state index < -0.39 is 12.6 Å². The van der Waals surface area contributed by atoms with Crippen LogP contribution in [-0.2, 0) is 15.6 Å². The van der Waals surface area contributed by atoms with E-state index in [1.807, 2.05) is 0 Å². The molecule has 2 heterocycles. The fourth-order valence-electron chi connectivity index (χ4n) is 6.45. The van der Waals surface area contributed by atoms with Gasteiger partial charge in [-0.3, -0.25) is 4.74 Å². The molecule has 2 aromatic carbocycles. The Morgan fingerprint density at radius 3 is 1.16 bits per heavy atom. The zero-order valence-electron chi connectivity index (χ0n) is 26.8. The van der Waals surface area contributed by atoms with Crippen molar-refractivity contribution in [2.75, 3.05) is 17.7 Å². The standard InChI is InChI=1S/C36H50I4O3/c1-35(2,3)29-21-25(23(11-7-15-37)12-8-16-38)19-27-31(29)41-34-28-20-26(24(13-9-17-39)14-10-18-40)22-30(36(4,5)6)32(28)42-33(27)43-34/h19-24,33-34H,7-18H2,1-6H3. The van der Waals surface area contributed by atoms with Crippen molar-refractivity contribution >= 4 is 90.4 Å². The van der Waals surface area contributed by atoms with E-state index in [0.29, 0.717) is 11.8 Å². The molecule has 0 aromatic heterocycles. The summed E-state index contributed by atoms with van der Waals surface area (Å²) >= 11 is 10.1. The maximum Gasteiger partial charge on any atom is 0.233 e. The molecule has 240 valence electrons. The fourth-order valence-corrected chi connectivity index (χ4v) is 8.21. The predicted octanol–water partition coefficient (Wildman–Crippen LogP) is 12.8. The second kappa shape index (κ2) is 16.3. The van der Waals surface area contributed by atoms with E-state index >= 15 is 0 Å². The molecule has 0 saturated heterocycles. The number of rotatable bonds is 14. The van der Waals surface area contributed by atoms with Gasteiger partial charge in [0, 0.05) is 11.1 Å². The van der Waals surface area contributed by atoms with Crippen molar-refractivity contribution < 1.29 is 14.2 Å². The Morgan fingerprint density at radius 1 is 0.558 bits per heavy atom. The first-order chi connectivity index (χ1) is 20.4. The molecule has 0 radical (unpaired) electrons. The molecule has 2 aromatic rings. The van der Waals surface area contributed by atoms with Crippen molar-refractivity contribution in [3.8, 4) is 11.5 Å². The van der Waals surface area contributed by atoms with Crippen molar-refractivity contribution in [3.05, 3.63) is 57.6 Å². The first-order valence-electron chi connectivity index (χ1n) is 16.0. The highest BCUT2D eigenvalue weighted by molar-refractivity contribution is 14.1. The molecular formula is C36H50I4O3. The Hall–Kier alpha value is 0.920. The van der Waals surface area contributed by atoms with Crippen molar-refractivity contribution in [1.82, 2.24) is 0 Å². The first kappa shape index (κ1) is 36.8. The Bertz CT molecular complexity index is 1110. The molecule has 0 spiro atoms. The summed E-state index contributed by atoms with van der Waals surface area (Å²) in [6, 6.07) is 9.62. The van der Waals surface area contributed by atoms with Gasteiger partial charge in [-0.15, -0.1) is 0 Å². The van der Waals surface area contributed by atoms with Crippen LogP contribution in [0.4, 0.5) is 0 Å². The van der Waals surface area contributed by atoms with E-state index in [2.05, 4.69) is 156 Å². The Morgan fingerprint density at radius 2 is 0.884 bits per heavy atom. The van der Waals surface area contributed by atoms with Crippen LogP contribution < -0.4 is 9.47 Å². The van der Waals surface area contributed by atoms with Crippen molar-refractivity contribution in [2.24, 2.45) is 0 Å². The number of benzene rings is 2. The summed E-state index contributed by atoms with van der Waals surface area (Å²) in [5, 5.41) is 0. The normalized spacial score (nSPS) is 18.0. The summed E-state index contributed by atoms with van der Waals surface area (Å²) in [5.74, 6) is 3.02. The highest BCUT2D eigenvalue weighted by atomic mass is 127. The Balaban J connectivity index is 1.83. The lowest BCUT2D eigenvalue weighted by Gasteiger charge is -2.42. The summed E-state index contributed by atoms with van der Waals surface area (Å²) in [6.07, 6.45) is 8.91. The smallest absolute Gasteiger partial charge is 0.233 e. The number of ether oxygens (including phenoxy) is 3. The highest BCUT2D eigenvalue weighted by Crippen LogP contribution is 2.54. The lowest BCUT2D eigenvalue weighted by atomic mass is 9.79. The number of halogens is 4. The van der Waals surface area contributed by atoms with Crippen LogP contribution >= 0.6 is 90.4 Å². The van der Waals surface area contributed by atoms with E-state index in [-0.39, 0.29) is 10.8 Å². The third-order valence-electron chi connectivity index (χ3n) is 8.79. The van der Waals surface area contributed by atoms with E-state index in [1.54, 1.807) is 0 Å². The van der Waals surface area contributed by atoms with Gasteiger partial charge < -0.3 is 9.47 Å².